The van der Waals surface area contributed by atoms with Gasteiger partial charge in [0.2, 0.25) is 0 Å². The molecule has 0 spiro atoms. The lowest BCUT2D eigenvalue weighted by atomic mass is 9.74. The number of methoxy groups -OCH3 is 1. The quantitative estimate of drug-likeness (QED) is 0.746. The second-order valence-corrected chi connectivity index (χ2v) is 5.44. The van der Waals surface area contributed by atoms with Crippen molar-refractivity contribution in [3.63, 3.8) is 0 Å². The zero-order valence-electron chi connectivity index (χ0n) is 11.9. The fraction of sp³-hybridized carbons (Fsp3) is 0.263. The van der Waals surface area contributed by atoms with E-state index in [1.165, 1.54) is 16.7 Å². The minimum atomic E-state index is 0.0103. The Morgan fingerprint density at radius 3 is 1.95 bits per heavy atom. The first kappa shape index (κ1) is 13.1. The van der Waals surface area contributed by atoms with E-state index in [1.54, 1.807) is 7.11 Å². The summed E-state index contributed by atoms with van der Waals surface area (Å²) in [4.78, 5) is 0. The molecular formula is C19H20O. The van der Waals surface area contributed by atoms with Crippen LogP contribution in [0.5, 0.6) is 0 Å². The lowest BCUT2D eigenvalue weighted by molar-refractivity contribution is 0.224. The van der Waals surface area contributed by atoms with Crippen molar-refractivity contribution in [2.24, 2.45) is 0 Å². The van der Waals surface area contributed by atoms with Gasteiger partial charge in [0.05, 0.1) is 6.61 Å². The van der Waals surface area contributed by atoms with E-state index in [1.807, 2.05) is 0 Å². The molecule has 0 saturated carbocycles. The molecule has 0 saturated heterocycles. The number of hydrogen-bond donors (Lipinski definition) is 0. The van der Waals surface area contributed by atoms with E-state index >= 15 is 0 Å². The van der Waals surface area contributed by atoms with Gasteiger partial charge in [-0.3, -0.25) is 0 Å². The molecule has 0 radical (unpaired) electrons. The maximum atomic E-state index is 5.32. The maximum Gasteiger partial charge on any atom is 0.0673 e. The predicted octanol–water partition coefficient (Wildman–Crippen LogP) is 4.34. The average molecular weight is 264 g/mol. The van der Waals surface area contributed by atoms with E-state index in [0.29, 0.717) is 0 Å². The van der Waals surface area contributed by atoms with E-state index < -0.39 is 0 Å². The molecule has 0 N–H and O–H groups in total. The Labute approximate surface area is 120 Å². The molecule has 0 aliphatic heterocycles. The molecule has 1 aliphatic rings. The topological polar surface area (TPSA) is 9.23 Å². The fourth-order valence-corrected chi connectivity index (χ4v) is 3.24. The molecule has 0 atom stereocenters. The molecule has 0 fully saturated rings. The highest BCUT2D eigenvalue weighted by molar-refractivity contribution is 5.48. The molecule has 20 heavy (non-hydrogen) atoms. The summed E-state index contributed by atoms with van der Waals surface area (Å²) in [5.74, 6) is 0. The molecule has 3 rings (SSSR count). The number of benzene rings is 2. The minimum absolute atomic E-state index is 0.0103. The van der Waals surface area contributed by atoms with Gasteiger partial charge in [0.1, 0.15) is 0 Å². The third-order valence-corrected chi connectivity index (χ3v) is 4.20. The van der Waals surface area contributed by atoms with Crippen molar-refractivity contribution in [3.05, 3.63) is 83.4 Å². The SMILES string of the molecule is COCC1=CC(c2ccccc2)(c2ccccc2)CC1. The molecule has 2 aromatic carbocycles. The van der Waals surface area contributed by atoms with Gasteiger partial charge in [-0.15, -0.1) is 0 Å². The lowest BCUT2D eigenvalue weighted by Gasteiger charge is -2.29. The Bertz CT molecular complexity index is 544. The first-order chi connectivity index (χ1) is 9.85. The van der Waals surface area contributed by atoms with Gasteiger partial charge in [-0.1, -0.05) is 66.7 Å². The summed E-state index contributed by atoms with van der Waals surface area (Å²) in [6, 6.07) is 21.6. The van der Waals surface area contributed by atoms with Crippen LogP contribution in [0.25, 0.3) is 0 Å². The Hall–Kier alpha value is -1.86. The van der Waals surface area contributed by atoms with Crippen LogP contribution >= 0.6 is 0 Å². The molecule has 102 valence electrons. The number of allylic oxidation sites excluding steroid dienone is 1. The molecular weight excluding hydrogens is 244 g/mol. The summed E-state index contributed by atoms with van der Waals surface area (Å²) in [6.45, 7) is 0.738. The molecule has 0 bridgehead atoms. The second-order valence-electron chi connectivity index (χ2n) is 5.44. The molecule has 0 heterocycles. The maximum absolute atomic E-state index is 5.32. The smallest absolute Gasteiger partial charge is 0.0673 e. The van der Waals surface area contributed by atoms with E-state index in [4.69, 9.17) is 4.74 Å². The van der Waals surface area contributed by atoms with Crippen LogP contribution in [0.1, 0.15) is 24.0 Å². The van der Waals surface area contributed by atoms with Crippen molar-refractivity contribution in [2.45, 2.75) is 18.3 Å². The standard InChI is InChI=1S/C19H20O/c1-20-15-16-12-13-19(14-16,17-8-4-2-5-9-17)18-10-6-3-7-11-18/h2-11,14H,12-13,15H2,1H3. The van der Waals surface area contributed by atoms with E-state index in [9.17, 15) is 0 Å². The average Bonchev–Trinajstić information content (AvgIpc) is 2.95. The highest BCUT2D eigenvalue weighted by atomic mass is 16.5. The van der Waals surface area contributed by atoms with Crippen molar-refractivity contribution in [1.29, 1.82) is 0 Å². The van der Waals surface area contributed by atoms with Crippen LogP contribution < -0.4 is 0 Å². The summed E-state index contributed by atoms with van der Waals surface area (Å²) in [6.07, 6.45) is 4.65. The van der Waals surface area contributed by atoms with Gasteiger partial charge < -0.3 is 4.74 Å². The number of hydrogen-bond acceptors (Lipinski definition) is 1. The number of ether oxygens (including phenoxy) is 1. The highest BCUT2D eigenvalue weighted by Crippen LogP contribution is 2.44. The Kier molecular flexibility index (Phi) is 3.70. The third-order valence-electron chi connectivity index (χ3n) is 4.20. The molecule has 1 heteroatoms. The van der Waals surface area contributed by atoms with Crippen LogP contribution in [-0.4, -0.2) is 13.7 Å². The second kappa shape index (κ2) is 5.64. The summed E-state index contributed by atoms with van der Waals surface area (Å²) < 4.78 is 5.32. The fourth-order valence-electron chi connectivity index (χ4n) is 3.24. The molecule has 0 aromatic heterocycles. The summed E-state index contributed by atoms with van der Waals surface area (Å²) in [5.41, 5.74) is 4.16. The van der Waals surface area contributed by atoms with Crippen molar-refractivity contribution < 1.29 is 4.74 Å². The van der Waals surface area contributed by atoms with Gasteiger partial charge in [-0.25, -0.2) is 0 Å². The lowest BCUT2D eigenvalue weighted by Crippen LogP contribution is -2.22. The zero-order valence-corrected chi connectivity index (χ0v) is 11.9. The van der Waals surface area contributed by atoms with Crippen molar-refractivity contribution in [2.75, 3.05) is 13.7 Å². The van der Waals surface area contributed by atoms with Crippen LogP contribution in [0.2, 0.25) is 0 Å². The van der Waals surface area contributed by atoms with E-state index in [0.717, 1.165) is 19.4 Å². The van der Waals surface area contributed by atoms with Crippen LogP contribution in [0.3, 0.4) is 0 Å². The molecule has 1 aliphatic carbocycles. The molecule has 0 unspecified atom stereocenters. The Balaban J connectivity index is 2.10. The van der Waals surface area contributed by atoms with Crippen LogP contribution in [0.4, 0.5) is 0 Å². The number of rotatable bonds is 4. The molecule has 2 aromatic rings. The van der Waals surface area contributed by atoms with Crippen LogP contribution in [0.15, 0.2) is 72.3 Å². The highest BCUT2D eigenvalue weighted by Gasteiger charge is 2.36. The van der Waals surface area contributed by atoms with Crippen molar-refractivity contribution in [3.8, 4) is 0 Å². The summed E-state index contributed by atoms with van der Waals surface area (Å²) in [5, 5.41) is 0. The largest absolute Gasteiger partial charge is 0.380 e. The molecule has 0 amide bonds. The third kappa shape index (κ3) is 2.30. The minimum Gasteiger partial charge on any atom is -0.380 e. The van der Waals surface area contributed by atoms with Gasteiger partial charge in [-0.2, -0.15) is 0 Å². The summed E-state index contributed by atoms with van der Waals surface area (Å²) >= 11 is 0. The van der Waals surface area contributed by atoms with Crippen molar-refractivity contribution in [1.82, 2.24) is 0 Å². The summed E-state index contributed by atoms with van der Waals surface area (Å²) in [7, 11) is 1.77. The van der Waals surface area contributed by atoms with Crippen molar-refractivity contribution >= 4 is 0 Å². The Morgan fingerprint density at radius 2 is 1.45 bits per heavy atom. The van der Waals surface area contributed by atoms with Gasteiger partial charge in [0, 0.05) is 12.5 Å². The predicted molar refractivity (Wildman–Crippen MR) is 82.9 cm³/mol. The van der Waals surface area contributed by atoms with Gasteiger partial charge in [-0.05, 0) is 29.5 Å². The Morgan fingerprint density at radius 1 is 0.900 bits per heavy atom. The molecule has 1 nitrogen and oxygen atoms in total. The van der Waals surface area contributed by atoms with E-state index in [-0.39, 0.29) is 5.41 Å². The van der Waals surface area contributed by atoms with E-state index in [2.05, 4.69) is 66.7 Å². The van der Waals surface area contributed by atoms with Gasteiger partial charge in [0.25, 0.3) is 0 Å². The first-order valence-electron chi connectivity index (χ1n) is 7.16. The zero-order chi connectivity index (χ0) is 13.8. The normalized spacial score (nSPS) is 16.9. The first-order valence-corrected chi connectivity index (χ1v) is 7.16. The van der Waals surface area contributed by atoms with Crippen LogP contribution in [0, 0.1) is 0 Å². The van der Waals surface area contributed by atoms with Gasteiger partial charge in [0.15, 0.2) is 0 Å². The van der Waals surface area contributed by atoms with Crippen LogP contribution in [-0.2, 0) is 10.2 Å². The monoisotopic (exact) mass is 264 g/mol. The van der Waals surface area contributed by atoms with Gasteiger partial charge >= 0.3 is 0 Å².